The lowest BCUT2D eigenvalue weighted by Crippen LogP contribution is -2.14. The molecule has 3 heterocycles. The van der Waals surface area contributed by atoms with Gasteiger partial charge in [0.15, 0.2) is 0 Å². The van der Waals surface area contributed by atoms with Gasteiger partial charge in [0.2, 0.25) is 0 Å². The van der Waals surface area contributed by atoms with Gasteiger partial charge in [0.1, 0.15) is 11.7 Å². The van der Waals surface area contributed by atoms with E-state index in [4.69, 9.17) is 16.8 Å². The molecular formula is C24H27N4OPS. The van der Waals surface area contributed by atoms with Gasteiger partial charge in [-0.25, -0.2) is 4.98 Å². The number of aryl methyl sites for hydroxylation is 3. The molecule has 0 saturated carbocycles. The van der Waals surface area contributed by atoms with Crippen molar-refractivity contribution in [3.8, 4) is 0 Å². The van der Waals surface area contributed by atoms with Crippen LogP contribution in [0.3, 0.4) is 0 Å². The van der Waals surface area contributed by atoms with Crippen molar-refractivity contribution >= 4 is 28.9 Å². The van der Waals surface area contributed by atoms with E-state index in [9.17, 15) is 5.11 Å². The molecule has 0 radical (unpaired) electrons. The molecule has 31 heavy (non-hydrogen) atoms. The van der Waals surface area contributed by atoms with E-state index in [2.05, 4.69) is 21.5 Å². The monoisotopic (exact) mass is 450 g/mol. The van der Waals surface area contributed by atoms with Gasteiger partial charge in [-0.2, -0.15) is 0 Å². The number of benzene rings is 1. The highest BCUT2D eigenvalue weighted by Crippen LogP contribution is 2.58. The fourth-order valence-electron chi connectivity index (χ4n) is 3.89. The van der Waals surface area contributed by atoms with E-state index < -0.39 is 11.9 Å². The Morgan fingerprint density at radius 2 is 1.48 bits per heavy atom. The maximum atomic E-state index is 11.6. The van der Waals surface area contributed by atoms with Crippen molar-refractivity contribution in [3.05, 3.63) is 90.3 Å². The number of aromatic nitrogens is 4. The zero-order valence-electron chi connectivity index (χ0n) is 17.6. The molecule has 1 unspecified atom stereocenters. The Bertz CT molecular complexity index is 1130. The van der Waals surface area contributed by atoms with Crippen molar-refractivity contribution in [1.29, 1.82) is 0 Å². The first kappa shape index (κ1) is 21.8. The lowest BCUT2D eigenvalue weighted by molar-refractivity contribution is 0.247. The summed E-state index contributed by atoms with van der Waals surface area (Å²) in [6.07, 6.45) is 6.59. The van der Waals surface area contributed by atoms with Crippen molar-refractivity contribution in [2.75, 3.05) is 12.3 Å². The second kappa shape index (κ2) is 9.82. The molecule has 1 aromatic carbocycles. The summed E-state index contributed by atoms with van der Waals surface area (Å²) < 4.78 is 2.10. The number of nitrogens with zero attached hydrogens (tertiary/aromatic N) is 4. The number of aliphatic hydroxyl groups is 1. The first-order valence-electron chi connectivity index (χ1n) is 10.6. The van der Waals surface area contributed by atoms with E-state index in [1.54, 1.807) is 12.4 Å². The minimum Gasteiger partial charge on any atom is -0.380 e. The zero-order valence-corrected chi connectivity index (χ0v) is 19.3. The Balaban J connectivity index is 1.66. The van der Waals surface area contributed by atoms with Gasteiger partial charge in [-0.1, -0.05) is 36.1 Å². The number of hydrogen-bond acceptors (Lipinski definition) is 5. The Kier molecular flexibility index (Phi) is 6.91. The van der Waals surface area contributed by atoms with Crippen molar-refractivity contribution in [1.82, 2.24) is 19.5 Å². The summed E-state index contributed by atoms with van der Waals surface area (Å²) in [5, 5.41) is 11.6. The number of para-hydroxylation sites is 2. The van der Waals surface area contributed by atoms with Gasteiger partial charge in [0.25, 0.3) is 0 Å². The highest BCUT2D eigenvalue weighted by atomic mass is 32.4. The molecule has 3 aromatic heterocycles. The predicted octanol–water partition coefficient (Wildman–Crippen LogP) is 4.80. The van der Waals surface area contributed by atoms with E-state index in [-0.39, 0.29) is 0 Å². The third-order valence-electron chi connectivity index (χ3n) is 5.62. The quantitative estimate of drug-likeness (QED) is 0.371. The van der Waals surface area contributed by atoms with Gasteiger partial charge in [0.05, 0.1) is 11.0 Å². The minimum atomic E-state index is -2.23. The second-order valence-corrected chi connectivity index (χ2v) is 13.1. The van der Waals surface area contributed by atoms with Crippen molar-refractivity contribution in [2.45, 2.75) is 32.2 Å². The average Bonchev–Trinajstić information content (AvgIpc) is 3.21. The second-order valence-electron chi connectivity index (χ2n) is 7.62. The van der Waals surface area contributed by atoms with E-state index in [0.29, 0.717) is 5.82 Å². The molecule has 160 valence electrons. The molecule has 7 heteroatoms. The first-order chi connectivity index (χ1) is 15.1. The number of imidazole rings is 1. The highest BCUT2D eigenvalue weighted by Gasteiger charge is 2.32. The molecule has 4 rings (SSSR count). The molecule has 0 aliphatic carbocycles. The van der Waals surface area contributed by atoms with E-state index in [1.807, 2.05) is 60.7 Å². The lowest BCUT2D eigenvalue weighted by Gasteiger charge is -2.28. The summed E-state index contributed by atoms with van der Waals surface area (Å²) in [5.74, 6) is -0.0728. The van der Waals surface area contributed by atoms with Gasteiger partial charge < -0.3 is 9.67 Å². The number of fused-ring (bicyclic) bond motifs is 1. The number of hydrogen-bond donors (Lipinski definition) is 1. The molecule has 0 aliphatic heterocycles. The summed E-state index contributed by atoms with van der Waals surface area (Å²) in [7, 11) is 0. The van der Waals surface area contributed by atoms with Crippen LogP contribution in [-0.2, 0) is 31.2 Å². The Labute approximate surface area is 188 Å². The van der Waals surface area contributed by atoms with Crippen LogP contribution in [0.1, 0.15) is 30.0 Å². The number of aliphatic hydroxyl groups excluding tert-OH is 1. The van der Waals surface area contributed by atoms with Crippen LogP contribution < -0.4 is 0 Å². The van der Waals surface area contributed by atoms with E-state index in [0.717, 1.165) is 54.1 Å². The van der Waals surface area contributed by atoms with Crippen molar-refractivity contribution < 1.29 is 5.11 Å². The van der Waals surface area contributed by atoms with Gasteiger partial charge in [-0.05, 0) is 74.5 Å². The maximum Gasteiger partial charge on any atom is 0.144 e. The summed E-state index contributed by atoms with van der Waals surface area (Å²) >= 11 is 6.27. The molecule has 0 amide bonds. The normalized spacial score (nSPS) is 12.8. The summed E-state index contributed by atoms with van der Waals surface area (Å²) in [6, 6.07) is 17.6. The SMILES string of the molecule is CCn1c(C(O)P(=S)(CCc2ccccn2)CCc2ccccn2)nc2ccccc21. The smallest absolute Gasteiger partial charge is 0.144 e. The average molecular weight is 451 g/mol. The molecule has 5 nitrogen and oxygen atoms in total. The molecule has 0 bridgehead atoms. The number of pyridine rings is 2. The van der Waals surface area contributed by atoms with Gasteiger partial charge in [0, 0.05) is 30.3 Å². The van der Waals surface area contributed by atoms with Crippen LogP contribution in [0.5, 0.6) is 0 Å². The lowest BCUT2D eigenvalue weighted by atomic mass is 10.3. The summed E-state index contributed by atoms with van der Waals surface area (Å²) in [5.41, 5.74) is 3.95. The van der Waals surface area contributed by atoms with Crippen LogP contribution in [0.25, 0.3) is 11.0 Å². The third-order valence-corrected chi connectivity index (χ3v) is 10.4. The van der Waals surface area contributed by atoms with Crippen molar-refractivity contribution in [3.63, 3.8) is 0 Å². The molecule has 0 fully saturated rings. The standard InChI is InChI=1S/C24H27N4OPS/c1-2-28-22-12-4-3-11-21(22)27-23(28)24(29)30(31,17-13-19-9-5-7-15-25-19)18-14-20-10-6-8-16-26-20/h3-12,15-16,24,29H,2,13-14,17-18H2,1H3. The van der Waals surface area contributed by atoms with Crippen LogP contribution in [0, 0.1) is 0 Å². The zero-order chi connectivity index (χ0) is 21.7. The topological polar surface area (TPSA) is 63.8 Å². The fourth-order valence-corrected chi connectivity index (χ4v) is 7.27. The van der Waals surface area contributed by atoms with Crippen molar-refractivity contribution in [2.24, 2.45) is 0 Å². The first-order valence-corrected chi connectivity index (χ1v) is 13.9. The highest BCUT2D eigenvalue weighted by molar-refractivity contribution is 8.14. The fraction of sp³-hybridized carbons (Fsp3) is 0.292. The van der Waals surface area contributed by atoms with E-state index >= 15 is 0 Å². The summed E-state index contributed by atoms with van der Waals surface area (Å²) in [4.78, 5) is 13.7. The van der Waals surface area contributed by atoms with Gasteiger partial charge in [-0.3, -0.25) is 9.97 Å². The predicted molar refractivity (Wildman–Crippen MR) is 130 cm³/mol. The summed E-state index contributed by atoms with van der Waals surface area (Å²) in [6.45, 7) is 2.82. The maximum absolute atomic E-state index is 11.6. The molecule has 0 saturated heterocycles. The molecular weight excluding hydrogens is 423 g/mol. The minimum absolute atomic E-state index is 0.689. The van der Waals surface area contributed by atoms with Crippen LogP contribution in [-0.4, -0.2) is 36.9 Å². The van der Waals surface area contributed by atoms with E-state index in [1.165, 1.54) is 0 Å². The molecule has 4 aromatic rings. The Morgan fingerprint density at radius 3 is 2.03 bits per heavy atom. The van der Waals surface area contributed by atoms with Crippen LogP contribution >= 0.6 is 6.04 Å². The largest absolute Gasteiger partial charge is 0.380 e. The van der Waals surface area contributed by atoms with Crippen LogP contribution in [0.2, 0.25) is 0 Å². The molecule has 1 N–H and O–H groups in total. The Hall–Kier alpha value is -2.40. The molecule has 0 spiro atoms. The number of rotatable bonds is 9. The van der Waals surface area contributed by atoms with Crippen LogP contribution in [0.4, 0.5) is 0 Å². The third kappa shape index (κ3) is 4.93. The van der Waals surface area contributed by atoms with Crippen LogP contribution in [0.15, 0.2) is 73.1 Å². The van der Waals surface area contributed by atoms with Gasteiger partial charge in [-0.15, -0.1) is 0 Å². The van der Waals surface area contributed by atoms with Gasteiger partial charge >= 0.3 is 0 Å². The Morgan fingerprint density at radius 1 is 0.903 bits per heavy atom. The molecule has 0 aliphatic rings. The molecule has 1 atom stereocenters.